The third-order valence-electron chi connectivity index (χ3n) is 4.15. The molecule has 0 atom stereocenters. The first kappa shape index (κ1) is 21.5. The quantitative estimate of drug-likeness (QED) is 0.509. The van der Waals surface area contributed by atoms with E-state index in [-0.39, 0.29) is 24.9 Å². The first-order valence-electron chi connectivity index (χ1n) is 9.31. The maximum atomic E-state index is 12.3. The molecule has 8 nitrogen and oxygen atoms in total. The summed E-state index contributed by atoms with van der Waals surface area (Å²) < 4.78 is 5.22. The molecule has 3 rings (SSSR count). The minimum atomic E-state index is -0.207. The van der Waals surface area contributed by atoms with Gasteiger partial charge in [-0.1, -0.05) is 35.5 Å². The van der Waals surface area contributed by atoms with Crippen molar-refractivity contribution in [2.45, 2.75) is 18.0 Å². The molecule has 2 amide bonds. The Morgan fingerprint density at radius 3 is 2.60 bits per heavy atom. The van der Waals surface area contributed by atoms with Crippen molar-refractivity contribution in [3.63, 3.8) is 0 Å². The van der Waals surface area contributed by atoms with Crippen LogP contribution in [0, 0.1) is 0 Å². The topological polar surface area (TPSA) is 100 Å². The Balaban J connectivity index is 1.46. The van der Waals surface area contributed by atoms with Gasteiger partial charge < -0.3 is 15.2 Å². The molecule has 2 N–H and O–H groups in total. The van der Waals surface area contributed by atoms with Gasteiger partial charge in [0.25, 0.3) is 5.91 Å². The van der Waals surface area contributed by atoms with Gasteiger partial charge in [-0.2, -0.15) is 4.98 Å². The molecule has 1 heterocycles. The summed E-state index contributed by atoms with van der Waals surface area (Å²) in [7, 11) is 1.79. The molecule has 0 spiro atoms. The number of amides is 2. The summed E-state index contributed by atoms with van der Waals surface area (Å²) in [6, 6.07) is 16.6. The Kier molecular flexibility index (Phi) is 7.58. The van der Waals surface area contributed by atoms with Crippen molar-refractivity contribution in [2.24, 2.45) is 0 Å². The number of para-hydroxylation sites is 1. The van der Waals surface area contributed by atoms with Gasteiger partial charge in [0, 0.05) is 10.5 Å². The number of anilines is 1. The van der Waals surface area contributed by atoms with Crippen LogP contribution in [0.3, 0.4) is 0 Å². The molecule has 0 saturated heterocycles. The highest BCUT2D eigenvalue weighted by Crippen LogP contribution is 2.24. The number of rotatable bonds is 9. The third kappa shape index (κ3) is 6.16. The molecule has 0 radical (unpaired) electrons. The zero-order valence-corrected chi connectivity index (χ0v) is 17.6. The van der Waals surface area contributed by atoms with Crippen LogP contribution in [0.4, 0.5) is 5.69 Å². The number of thioether (sulfide) groups is 1. The fourth-order valence-electron chi connectivity index (χ4n) is 2.75. The summed E-state index contributed by atoms with van der Waals surface area (Å²) in [5.74, 6) is 0.412. The van der Waals surface area contributed by atoms with Gasteiger partial charge in [-0.15, -0.1) is 11.8 Å². The van der Waals surface area contributed by atoms with Gasteiger partial charge in [0.1, 0.15) is 0 Å². The van der Waals surface area contributed by atoms with E-state index in [4.69, 9.17) is 4.52 Å². The molecule has 0 unspecified atom stereocenters. The van der Waals surface area contributed by atoms with Gasteiger partial charge in [0.05, 0.1) is 25.3 Å². The fourth-order valence-corrected chi connectivity index (χ4v) is 3.30. The highest BCUT2D eigenvalue weighted by atomic mass is 32.2. The van der Waals surface area contributed by atoms with Crippen molar-refractivity contribution in [1.29, 1.82) is 0 Å². The molecule has 1 aromatic heterocycles. The van der Waals surface area contributed by atoms with Crippen molar-refractivity contribution in [1.82, 2.24) is 20.4 Å². The highest BCUT2D eigenvalue weighted by molar-refractivity contribution is 7.98. The van der Waals surface area contributed by atoms with E-state index in [0.29, 0.717) is 23.8 Å². The Labute approximate surface area is 179 Å². The number of hydrogen-bond donors (Lipinski definition) is 2. The average Bonchev–Trinajstić information content (AvgIpc) is 3.20. The first-order valence-corrected chi connectivity index (χ1v) is 10.5. The Bertz CT molecular complexity index is 993. The summed E-state index contributed by atoms with van der Waals surface area (Å²) in [4.78, 5) is 31.4. The van der Waals surface area contributed by atoms with Crippen LogP contribution in [0.1, 0.15) is 22.1 Å². The summed E-state index contributed by atoms with van der Waals surface area (Å²) >= 11 is 1.58. The fraction of sp³-hybridized carbons (Fsp3) is 0.238. The molecule has 9 heteroatoms. The van der Waals surface area contributed by atoms with E-state index in [2.05, 4.69) is 20.8 Å². The van der Waals surface area contributed by atoms with Gasteiger partial charge in [0.15, 0.2) is 5.82 Å². The van der Waals surface area contributed by atoms with Crippen LogP contribution >= 0.6 is 11.8 Å². The van der Waals surface area contributed by atoms with Crippen molar-refractivity contribution in [3.8, 4) is 0 Å². The van der Waals surface area contributed by atoms with Crippen molar-refractivity contribution >= 4 is 29.3 Å². The number of nitrogens with one attached hydrogen (secondary N) is 2. The van der Waals surface area contributed by atoms with Gasteiger partial charge in [-0.3, -0.25) is 14.5 Å². The summed E-state index contributed by atoms with van der Waals surface area (Å²) in [6.45, 7) is 0.648. The lowest BCUT2D eigenvalue weighted by atomic mass is 10.2. The van der Waals surface area contributed by atoms with Gasteiger partial charge in [-0.25, -0.2) is 0 Å². The van der Waals surface area contributed by atoms with Crippen LogP contribution in [0.2, 0.25) is 0 Å². The number of nitrogens with zero attached hydrogens (tertiary/aromatic N) is 3. The van der Waals surface area contributed by atoms with Gasteiger partial charge >= 0.3 is 0 Å². The van der Waals surface area contributed by atoms with Crippen LogP contribution in [-0.2, 0) is 17.9 Å². The third-order valence-corrected chi connectivity index (χ3v) is 4.95. The van der Waals surface area contributed by atoms with E-state index in [1.54, 1.807) is 48.0 Å². The molecule has 3 aromatic rings. The minimum absolute atomic E-state index is 0.131. The maximum absolute atomic E-state index is 12.3. The predicted octanol–water partition coefficient (Wildman–Crippen LogP) is 2.79. The van der Waals surface area contributed by atoms with Crippen LogP contribution < -0.4 is 10.6 Å². The number of aromatic nitrogens is 2. The molecule has 0 aliphatic rings. The second kappa shape index (κ2) is 10.6. The largest absolute Gasteiger partial charge is 0.345 e. The van der Waals surface area contributed by atoms with E-state index in [1.807, 2.05) is 36.6 Å². The second-order valence-electron chi connectivity index (χ2n) is 6.57. The molecule has 30 heavy (non-hydrogen) atoms. The van der Waals surface area contributed by atoms with E-state index >= 15 is 0 Å². The highest BCUT2D eigenvalue weighted by Gasteiger charge is 2.14. The van der Waals surface area contributed by atoms with Crippen LogP contribution in [0.15, 0.2) is 64.0 Å². The van der Waals surface area contributed by atoms with Crippen molar-refractivity contribution < 1.29 is 14.1 Å². The summed E-state index contributed by atoms with van der Waals surface area (Å²) in [6.07, 6.45) is 1.96. The molecule has 0 saturated carbocycles. The molecular formula is C21H23N5O3S. The van der Waals surface area contributed by atoms with E-state index in [0.717, 1.165) is 10.6 Å². The normalized spacial score (nSPS) is 10.8. The van der Waals surface area contributed by atoms with E-state index < -0.39 is 0 Å². The molecule has 0 bridgehead atoms. The number of benzene rings is 2. The average molecular weight is 426 g/mol. The van der Waals surface area contributed by atoms with Gasteiger partial charge in [-0.05, 0) is 37.6 Å². The van der Waals surface area contributed by atoms with Crippen molar-refractivity contribution in [3.05, 3.63) is 71.9 Å². The molecule has 0 aliphatic carbocycles. The number of likely N-dealkylation sites (N-methyl/N-ethyl adjacent to an activating group) is 1. The number of carbonyl (C=O) groups is 2. The lowest BCUT2D eigenvalue weighted by Gasteiger charge is -2.15. The Morgan fingerprint density at radius 2 is 1.83 bits per heavy atom. The molecular weight excluding hydrogens is 402 g/mol. The monoisotopic (exact) mass is 425 g/mol. The van der Waals surface area contributed by atoms with Crippen molar-refractivity contribution in [2.75, 3.05) is 25.2 Å². The lowest BCUT2D eigenvalue weighted by molar-refractivity contribution is -0.117. The molecule has 2 aromatic carbocycles. The predicted molar refractivity (Wildman–Crippen MR) is 115 cm³/mol. The summed E-state index contributed by atoms with van der Waals surface area (Å²) in [5.41, 5.74) is 1.35. The lowest BCUT2D eigenvalue weighted by Crippen LogP contribution is -2.30. The SMILES string of the molecule is CSc1ccccc1NC(=O)CN(C)Cc1nc(CNC(=O)c2ccccc2)no1. The molecule has 156 valence electrons. The zero-order valence-electron chi connectivity index (χ0n) is 16.8. The van der Waals surface area contributed by atoms with Crippen LogP contribution in [0.25, 0.3) is 0 Å². The Morgan fingerprint density at radius 1 is 1.10 bits per heavy atom. The molecule has 0 aliphatic heterocycles. The number of carbonyl (C=O) groups excluding carboxylic acids is 2. The van der Waals surface area contributed by atoms with E-state index in [1.165, 1.54) is 0 Å². The zero-order chi connectivity index (χ0) is 21.3. The second-order valence-corrected chi connectivity index (χ2v) is 7.42. The smallest absolute Gasteiger partial charge is 0.251 e. The van der Waals surface area contributed by atoms with Crippen LogP contribution in [-0.4, -0.2) is 46.7 Å². The Hall–Kier alpha value is -3.17. The van der Waals surface area contributed by atoms with Gasteiger partial charge in [0.2, 0.25) is 11.8 Å². The van der Waals surface area contributed by atoms with Crippen LogP contribution in [0.5, 0.6) is 0 Å². The standard InChI is InChI=1S/C21H23N5O3S/c1-26(13-19(27)23-16-10-6-7-11-17(16)30-2)14-20-24-18(25-29-20)12-22-21(28)15-8-4-3-5-9-15/h3-11H,12-14H2,1-2H3,(H,22,28)(H,23,27). The molecule has 0 fully saturated rings. The first-order chi connectivity index (χ1) is 14.5. The van der Waals surface area contributed by atoms with E-state index in [9.17, 15) is 9.59 Å². The summed E-state index contributed by atoms with van der Waals surface area (Å²) in [5, 5.41) is 9.54. The maximum Gasteiger partial charge on any atom is 0.251 e. The minimum Gasteiger partial charge on any atom is -0.345 e. The number of hydrogen-bond acceptors (Lipinski definition) is 7.